The molecule has 1 aromatic rings. The summed E-state index contributed by atoms with van der Waals surface area (Å²) >= 11 is 0. The molecule has 1 N–H and O–H groups in total. The van der Waals surface area contributed by atoms with Crippen LogP contribution in [0.3, 0.4) is 0 Å². The molecule has 88 valence electrons. The number of nitrogens with zero attached hydrogens (tertiary/aromatic N) is 2. The molecule has 0 unspecified atom stereocenters. The number of oxazole rings is 1. The van der Waals surface area contributed by atoms with Gasteiger partial charge in [-0.15, -0.1) is 0 Å². The van der Waals surface area contributed by atoms with Gasteiger partial charge in [0, 0.05) is 12.0 Å². The van der Waals surface area contributed by atoms with Crippen molar-refractivity contribution >= 4 is 5.91 Å². The number of amides is 1. The second-order valence-corrected chi connectivity index (χ2v) is 4.48. The molecule has 16 heavy (non-hydrogen) atoms. The molecule has 5 nitrogen and oxygen atoms in total. The Bertz CT molecular complexity index is 342. The van der Waals surface area contributed by atoms with Crippen LogP contribution in [0, 0.1) is 5.92 Å². The molecule has 1 aromatic heterocycles. The molecular weight excluding hydrogens is 206 g/mol. The highest BCUT2D eigenvalue weighted by Crippen LogP contribution is 2.30. The lowest BCUT2D eigenvalue weighted by Crippen LogP contribution is -2.46. The Kier molecular flexibility index (Phi) is 3.24. The molecule has 1 amide bonds. The Labute approximate surface area is 94.8 Å². The summed E-state index contributed by atoms with van der Waals surface area (Å²) in [5.41, 5.74) is 0.761. The maximum absolute atomic E-state index is 11.7. The van der Waals surface area contributed by atoms with Crippen molar-refractivity contribution in [3.05, 3.63) is 18.4 Å². The Morgan fingerprint density at radius 2 is 2.38 bits per heavy atom. The SMILES string of the molecule is CN(C)C1CC(C(=O)NCc2cocn2)C1. The van der Waals surface area contributed by atoms with Gasteiger partial charge in [-0.25, -0.2) is 4.98 Å². The second-order valence-electron chi connectivity index (χ2n) is 4.48. The average molecular weight is 223 g/mol. The monoisotopic (exact) mass is 223 g/mol. The van der Waals surface area contributed by atoms with E-state index >= 15 is 0 Å². The van der Waals surface area contributed by atoms with E-state index in [1.807, 2.05) is 14.1 Å². The summed E-state index contributed by atoms with van der Waals surface area (Å²) in [6.07, 6.45) is 4.83. The van der Waals surface area contributed by atoms with Crippen LogP contribution in [0.2, 0.25) is 0 Å². The first-order chi connectivity index (χ1) is 7.66. The molecule has 0 saturated heterocycles. The molecule has 0 atom stereocenters. The van der Waals surface area contributed by atoms with Crippen LogP contribution in [0.25, 0.3) is 0 Å². The van der Waals surface area contributed by atoms with Crippen molar-refractivity contribution in [1.82, 2.24) is 15.2 Å². The molecule has 1 aliphatic rings. The van der Waals surface area contributed by atoms with E-state index in [-0.39, 0.29) is 11.8 Å². The zero-order chi connectivity index (χ0) is 11.5. The molecule has 5 heteroatoms. The minimum atomic E-state index is 0.126. The molecule has 0 aliphatic heterocycles. The van der Waals surface area contributed by atoms with Crippen LogP contribution in [-0.4, -0.2) is 35.9 Å². The maximum atomic E-state index is 11.7. The minimum Gasteiger partial charge on any atom is -0.451 e. The molecule has 1 fully saturated rings. The van der Waals surface area contributed by atoms with Crippen LogP contribution in [0.4, 0.5) is 0 Å². The number of nitrogens with one attached hydrogen (secondary N) is 1. The molecule has 1 aliphatic carbocycles. The zero-order valence-corrected chi connectivity index (χ0v) is 9.64. The fourth-order valence-electron chi connectivity index (χ4n) is 1.87. The molecule has 2 rings (SSSR count). The van der Waals surface area contributed by atoms with Crippen LogP contribution in [-0.2, 0) is 11.3 Å². The van der Waals surface area contributed by atoms with Gasteiger partial charge >= 0.3 is 0 Å². The van der Waals surface area contributed by atoms with Crippen molar-refractivity contribution in [3.8, 4) is 0 Å². The predicted molar refractivity (Wildman–Crippen MR) is 58.5 cm³/mol. The van der Waals surface area contributed by atoms with E-state index in [1.54, 1.807) is 6.26 Å². The number of hydrogen-bond donors (Lipinski definition) is 1. The van der Waals surface area contributed by atoms with Gasteiger partial charge in [0.05, 0.1) is 12.2 Å². The summed E-state index contributed by atoms with van der Waals surface area (Å²) < 4.78 is 4.83. The molecule has 0 spiro atoms. The van der Waals surface area contributed by atoms with Crippen molar-refractivity contribution in [3.63, 3.8) is 0 Å². The molecule has 1 saturated carbocycles. The standard InChI is InChI=1S/C11H17N3O2/c1-14(2)10-3-8(4-10)11(15)12-5-9-6-16-7-13-9/h6-8,10H,3-5H2,1-2H3,(H,12,15). The van der Waals surface area contributed by atoms with Gasteiger partial charge in [0.2, 0.25) is 5.91 Å². The lowest BCUT2D eigenvalue weighted by atomic mass is 9.79. The van der Waals surface area contributed by atoms with Gasteiger partial charge in [-0.1, -0.05) is 0 Å². The minimum absolute atomic E-state index is 0.126. The van der Waals surface area contributed by atoms with E-state index in [0.717, 1.165) is 18.5 Å². The first-order valence-corrected chi connectivity index (χ1v) is 5.48. The highest BCUT2D eigenvalue weighted by molar-refractivity contribution is 5.79. The highest BCUT2D eigenvalue weighted by atomic mass is 16.3. The van der Waals surface area contributed by atoms with Crippen molar-refractivity contribution < 1.29 is 9.21 Å². The summed E-state index contributed by atoms with van der Waals surface area (Å²) in [5, 5.41) is 2.87. The number of hydrogen-bond acceptors (Lipinski definition) is 4. The Balaban J connectivity index is 1.70. The zero-order valence-electron chi connectivity index (χ0n) is 9.64. The summed E-state index contributed by atoms with van der Waals surface area (Å²) in [6, 6.07) is 0.558. The van der Waals surface area contributed by atoms with E-state index in [9.17, 15) is 4.79 Å². The average Bonchev–Trinajstić information content (AvgIpc) is 2.63. The number of rotatable bonds is 4. The number of carbonyl (C=O) groups is 1. The summed E-state index contributed by atoms with van der Waals surface area (Å²) in [7, 11) is 4.10. The van der Waals surface area contributed by atoms with Crippen molar-refractivity contribution in [2.75, 3.05) is 14.1 Å². The first-order valence-electron chi connectivity index (χ1n) is 5.48. The fraction of sp³-hybridized carbons (Fsp3) is 0.636. The van der Waals surface area contributed by atoms with E-state index in [1.165, 1.54) is 6.39 Å². The van der Waals surface area contributed by atoms with Crippen LogP contribution < -0.4 is 5.32 Å². The van der Waals surface area contributed by atoms with Gasteiger partial charge in [-0.2, -0.15) is 0 Å². The largest absolute Gasteiger partial charge is 0.451 e. The first kappa shape index (κ1) is 11.1. The van der Waals surface area contributed by atoms with Gasteiger partial charge < -0.3 is 14.6 Å². The Morgan fingerprint density at radius 3 is 2.94 bits per heavy atom. The quantitative estimate of drug-likeness (QED) is 0.813. The van der Waals surface area contributed by atoms with Gasteiger partial charge in [-0.3, -0.25) is 4.79 Å². The van der Waals surface area contributed by atoms with Crippen LogP contribution in [0.15, 0.2) is 17.1 Å². The Morgan fingerprint density at radius 1 is 1.62 bits per heavy atom. The van der Waals surface area contributed by atoms with E-state index < -0.39 is 0 Å². The second kappa shape index (κ2) is 4.65. The third-order valence-corrected chi connectivity index (χ3v) is 3.14. The van der Waals surface area contributed by atoms with E-state index in [4.69, 9.17) is 4.42 Å². The fourth-order valence-corrected chi connectivity index (χ4v) is 1.87. The molecule has 0 radical (unpaired) electrons. The topological polar surface area (TPSA) is 58.4 Å². The van der Waals surface area contributed by atoms with Crippen molar-refractivity contribution in [2.45, 2.75) is 25.4 Å². The van der Waals surface area contributed by atoms with Gasteiger partial charge in [0.15, 0.2) is 6.39 Å². The maximum Gasteiger partial charge on any atom is 0.223 e. The lowest BCUT2D eigenvalue weighted by molar-refractivity contribution is -0.129. The van der Waals surface area contributed by atoms with Gasteiger partial charge in [0.1, 0.15) is 6.26 Å². The van der Waals surface area contributed by atoms with Crippen LogP contribution in [0.1, 0.15) is 18.5 Å². The molecule has 0 aromatic carbocycles. The van der Waals surface area contributed by atoms with Crippen LogP contribution >= 0.6 is 0 Å². The summed E-state index contributed by atoms with van der Waals surface area (Å²) in [5.74, 6) is 0.292. The molecule has 0 bridgehead atoms. The van der Waals surface area contributed by atoms with Crippen molar-refractivity contribution in [2.24, 2.45) is 5.92 Å². The number of aromatic nitrogens is 1. The summed E-state index contributed by atoms with van der Waals surface area (Å²) in [6.45, 7) is 0.457. The van der Waals surface area contributed by atoms with Crippen LogP contribution in [0.5, 0.6) is 0 Å². The Hall–Kier alpha value is -1.36. The third kappa shape index (κ3) is 2.41. The van der Waals surface area contributed by atoms with E-state index in [2.05, 4.69) is 15.2 Å². The lowest BCUT2D eigenvalue weighted by Gasteiger charge is -2.38. The molecular formula is C11H17N3O2. The van der Waals surface area contributed by atoms with Gasteiger partial charge in [-0.05, 0) is 26.9 Å². The molecule has 1 heterocycles. The van der Waals surface area contributed by atoms with E-state index in [0.29, 0.717) is 12.6 Å². The third-order valence-electron chi connectivity index (χ3n) is 3.14. The highest BCUT2D eigenvalue weighted by Gasteiger charge is 2.35. The normalized spacial score (nSPS) is 24.2. The summed E-state index contributed by atoms with van der Waals surface area (Å²) in [4.78, 5) is 17.8. The predicted octanol–water partition coefficient (Wildman–Crippen LogP) is 0.631. The smallest absolute Gasteiger partial charge is 0.223 e. The number of carbonyl (C=O) groups excluding carboxylic acids is 1. The van der Waals surface area contributed by atoms with Crippen molar-refractivity contribution in [1.29, 1.82) is 0 Å². The van der Waals surface area contributed by atoms with Gasteiger partial charge in [0.25, 0.3) is 0 Å².